The molecule has 0 amide bonds. The van der Waals surface area contributed by atoms with Gasteiger partial charge in [0.2, 0.25) is 0 Å². The quantitative estimate of drug-likeness (QED) is 0.737. The highest BCUT2D eigenvalue weighted by atomic mass is 16.4. The van der Waals surface area contributed by atoms with Crippen LogP contribution in [-0.4, -0.2) is 16.9 Å². The third-order valence-electron chi connectivity index (χ3n) is 3.72. The molecule has 0 unspecified atom stereocenters. The van der Waals surface area contributed by atoms with Crippen molar-refractivity contribution in [2.24, 2.45) is 0 Å². The minimum absolute atomic E-state index is 0.0577. The van der Waals surface area contributed by atoms with Crippen LogP contribution >= 0.6 is 0 Å². The van der Waals surface area contributed by atoms with E-state index in [0.717, 1.165) is 17.5 Å². The Kier molecular flexibility index (Phi) is 3.11. The predicted octanol–water partition coefficient (Wildman–Crippen LogP) is 3.31. The van der Waals surface area contributed by atoms with Crippen LogP contribution < -0.4 is 0 Å². The van der Waals surface area contributed by atoms with Gasteiger partial charge in [-0.1, -0.05) is 42.5 Å². The van der Waals surface area contributed by atoms with Gasteiger partial charge in [-0.3, -0.25) is 9.59 Å². The van der Waals surface area contributed by atoms with E-state index in [1.165, 1.54) is 11.1 Å². The van der Waals surface area contributed by atoms with E-state index in [2.05, 4.69) is 12.1 Å². The molecule has 0 saturated heterocycles. The number of aliphatic carboxylic acids is 1. The number of fused-ring (bicyclic) bond motifs is 3. The zero-order chi connectivity index (χ0) is 14.1. The molecule has 0 radical (unpaired) electrons. The Bertz CT molecular complexity index is 701. The third kappa shape index (κ3) is 2.11. The lowest BCUT2D eigenvalue weighted by atomic mass is 9.96. The van der Waals surface area contributed by atoms with Crippen molar-refractivity contribution >= 4 is 11.8 Å². The van der Waals surface area contributed by atoms with Crippen molar-refractivity contribution in [2.45, 2.75) is 19.3 Å². The van der Waals surface area contributed by atoms with Crippen LogP contribution in [0.4, 0.5) is 0 Å². The van der Waals surface area contributed by atoms with Crippen molar-refractivity contribution in [3.63, 3.8) is 0 Å². The second-order valence-electron chi connectivity index (χ2n) is 4.98. The van der Waals surface area contributed by atoms with Crippen molar-refractivity contribution < 1.29 is 14.7 Å². The lowest BCUT2D eigenvalue weighted by Gasteiger charge is -2.07. The maximum Gasteiger partial charge on any atom is 0.303 e. The number of carboxylic acids is 1. The molecule has 0 aliphatic heterocycles. The Hall–Kier alpha value is -2.42. The molecule has 0 fully saturated rings. The lowest BCUT2D eigenvalue weighted by Crippen LogP contribution is -2.06. The van der Waals surface area contributed by atoms with Gasteiger partial charge >= 0.3 is 5.97 Å². The van der Waals surface area contributed by atoms with Crippen LogP contribution in [0, 0.1) is 0 Å². The van der Waals surface area contributed by atoms with E-state index in [0.29, 0.717) is 5.56 Å². The van der Waals surface area contributed by atoms with Crippen LogP contribution in [0.3, 0.4) is 0 Å². The Morgan fingerprint density at radius 1 is 0.950 bits per heavy atom. The molecule has 2 aromatic carbocycles. The lowest BCUT2D eigenvalue weighted by molar-refractivity contribution is -0.136. The molecule has 0 bridgehead atoms. The first kappa shape index (κ1) is 12.6. The molecule has 0 atom stereocenters. The van der Waals surface area contributed by atoms with Crippen LogP contribution in [0.1, 0.15) is 34.3 Å². The summed E-state index contributed by atoms with van der Waals surface area (Å²) in [4.78, 5) is 22.8. The van der Waals surface area contributed by atoms with E-state index in [4.69, 9.17) is 5.11 Å². The number of benzene rings is 2. The fraction of sp³-hybridized carbons (Fsp3) is 0.176. The second kappa shape index (κ2) is 4.93. The van der Waals surface area contributed by atoms with E-state index < -0.39 is 5.97 Å². The highest BCUT2D eigenvalue weighted by Gasteiger charge is 2.23. The molecule has 1 N–H and O–H groups in total. The standard InChI is InChI=1S/C17H14O3/c18-16(8-9-17(19)20)14-7-3-6-13-12-5-2-1-4-11(12)10-15(13)14/h1-7H,8-10H2,(H,19,20). The van der Waals surface area contributed by atoms with Crippen molar-refractivity contribution in [3.05, 3.63) is 59.2 Å². The van der Waals surface area contributed by atoms with Crippen LogP contribution in [0.15, 0.2) is 42.5 Å². The van der Waals surface area contributed by atoms with Gasteiger partial charge in [0, 0.05) is 12.0 Å². The smallest absolute Gasteiger partial charge is 0.303 e. The summed E-state index contributed by atoms with van der Waals surface area (Å²) in [6.07, 6.45) is 0.693. The number of ketones is 1. The van der Waals surface area contributed by atoms with Gasteiger partial charge < -0.3 is 5.11 Å². The van der Waals surface area contributed by atoms with Crippen molar-refractivity contribution in [3.8, 4) is 11.1 Å². The van der Waals surface area contributed by atoms with Gasteiger partial charge in [0.25, 0.3) is 0 Å². The Morgan fingerprint density at radius 2 is 1.70 bits per heavy atom. The molecule has 0 heterocycles. The van der Waals surface area contributed by atoms with Crippen molar-refractivity contribution in [2.75, 3.05) is 0 Å². The fourth-order valence-electron chi connectivity index (χ4n) is 2.77. The monoisotopic (exact) mass is 266 g/mol. The first-order valence-corrected chi connectivity index (χ1v) is 6.62. The molecule has 1 aliphatic carbocycles. The summed E-state index contributed by atoms with van der Waals surface area (Å²) in [6.45, 7) is 0. The second-order valence-corrected chi connectivity index (χ2v) is 4.98. The third-order valence-corrected chi connectivity index (χ3v) is 3.72. The minimum Gasteiger partial charge on any atom is -0.481 e. The average molecular weight is 266 g/mol. The summed E-state index contributed by atoms with van der Waals surface area (Å²) >= 11 is 0. The summed E-state index contributed by atoms with van der Waals surface area (Å²) in [5, 5.41) is 8.69. The topological polar surface area (TPSA) is 54.4 Å². The van der Waals surface area contributed by atoms with E-state index in [9.17, 15) is 9.59 Å². The zero-order valence-electron chi connectivity index (χ0n) is 10.9. The van der Waals surface area contributed by atoms with Crippen LogP contribution in [0.25, 0.3) is 11.1 Å². The molecule has 20 heavy (non-hydrogen) atoms. The van der Waals surface area contributed by atoms with E-state index in [1.807, 2.05) is 24.3 Å². The van der Waals surface area contributed by atoms with Gasteiger partial charge in [0.05, 0.1) is 6.42 Å². The van der Waals surface area contributed by atoms with Crippen molar-refractivity contribution in [1.82, 2.24) is 0 Å². The number of hydrogen-bond acceptors (Lipinski definition) is 2. The summed E-state index contributed by atoms with van der Waals surface area (Å²) in [5.74, 6) is -1.02. The minimum atomic E-state index is -0.936. The maximum atomic E-state index is 12.2. The van der Waals surface area contributed by atoms with E-state index in [-0.39, 0.29) is 18.6 Å². The molecule has 1 aliphatic rings. The Labute approximate surface area is 116 Å². The fourth-order valence-corrected chi connectivity index (χ4v) is 2.77. The van der Waals surface area contributed by atoms with Gasteiger partial charge in [-0.2, -0.15) is 0 Å². The summed E-state index contributed by atoms with van der Waals surface area (Å²) in [5.41, 5.74) is 5.20. The maximum absolute atomic E-state index is 12.2. The summed E-state index contributed by atoms with van der Waals surface area (Å²) < 4.78 is 0. The molecule has 3 nitrogen and oxygen atoms in total. The average Bonchev–Trinajstić information content (AvgIpc) is 2.83. The Balaban J connectivity index is 1.97. The normalized spacial score (nSPS) is 11.8. The van der Waals surface area contributed by atoms with Crippen LogP contribution in [0.5, 0.6) is 0 Å². The number of carbonyl (C=O) groups is 2. The van der Waals surface area contributed by atoms with Crippen molar-refractivity contribution in [1.29, 1.82) is 0 Å². The highest BCUT2D eigenvalue weighted by Crippen LogP contribution is 2.38. The number of carboxylic acid groups (broad SMARTS) is 1. The first-order chi connectivity index (χ1) is 9.66. The number of rotatable bonds is 4. The molecule has 0 aromatic heterocycles. The van der Waals surface area contributed by atoms with Crippen LogP contribution in [0.2, 0.25) is 0 Å². The predicted molar refractivity (Wildman–Crippen MR) is 75.9 cm³/mol. The molecular formula is C17H14O3. The molecule has 100 valence electrons. The highest BCUT2D eigenvalue weighted by molar-refractivity contribution is 6.01. The van der Waals surface area contributed by atoms with E-state index >= 15 is 0 Å². The number of Topliss-reactive ketones (excluding diaryl/α,β-unsaturated/α-hetero) is 1. The van der Waals surface area contributed by atoms with Gasteiger partial charge in [-0.05, 0) is 28.7 Å². The molecule has 0 spiro atoms. The molecule has 3 heteroatoms. The van der Waals surface area contributed by atoms with Gasteiger partial charge in [-0.25, -0.2) is 0 Å². The van der Waals surface area contributed by atoms with E-state index in [1.54, 1.807) is 6.07 Å². The molecule has 2 aromatic rings. The number of carbonyl (C=O) groups excluding carboxylic acids is 1. The molecule has 3 rings (SSSR count). The largest absolute Gasteiger partial charge is 0.481 e. The molecular weight excluding hydrogens is 252 g/mol. The first-order valence-electron chi connectivity index (χ1n) is 6.62. The van der Waals surface area contributed by atoms with Gasteiger partial charge in [0.15, 0.2) is 5.78 Å². The number of hydrogen-bond donors (Lipinski definition) is 1. The Morgan fingerprint density at radius 3 is 2.50 bits per heavy atom. The summed E-state index contributed by atoms with van der Waals surface area (Å²) in [6, 6.07) is 13.8. The SMILES string of the molecule is O=C(O)CCC(=O)c1cccc2c1Cc1ccccc1-2. The van der Waals surface area contributed by atoms with Gasteiger partial charge in [-0.15, -0.1) is 0 Å². The van der Waals surface area contributed by atoms with Crippen LogP contribution in [-0.2, 0) is 11.2 Å². The zero-order valence-corrected chi connectivity index (χ0v) is 10.9. The van der Waals surface area contributed by atoms with Gasteiger partial charge in [0.1, 0.15) is 0 Å². The molecule has 0 saturated carbocycles. The summed E-state index contributed by atoms with van der Waals surface area (Å²) in [7, 11) is 0.